The Morgan fingerprint density at radius 2 is 2.10 bits per heavy atom. The van der Waals surface area contributed by atoms with Gasteiger partial charge in [0.25, 0.3) is 0 Å². The summed E-state index contributed by atoms with van der Waals surface area (Å²) in [6, 6.07) is 2.54. The van der Waals surface area contributed by atoms with E-state index in [0.29, 0.717) is 6.42 Å². The third kappa shape index (κ3) is 1.59. The molecule has 1 fully saturated rings. The minimum absolute atomic E-state index is 0.135. The smallest absolute Gasteiger partial charge is 0.0749 e. The van der Waals surface area contributed by atoms with Gasteiger partial charge in [-0.1, -0.05) is 18.5 Å². The molecule has 10 heavy (non-hydrogen) atoms. The molecule has 0 aromatic heterocycles. The lowest BCUT2D eigenvalue weighted by atomic mass is 10.3. The molecule has 3 heteroatoms. The molecule has 0 aliphatic carbocycles. The van der Waals surface area contributed by atoms with Crippen LogP contribution in [0.5, 0.6) is 0 Å². The van der Waals surface area contributed by atoms with E-state index >= 15 is 0 Å². The van der Waals surface area contributed by atoms with Gasteiger partial charge >= 0.3 is 0 Å². The quantitative estimate of drug-likeness (QED) is 0.583. The highest BCUT2D eigenvalue weighted by atomic mass is 28.3. The van der Waals surface area contributed by atoms with E-state index in [1.807, 2.05) is 6.92 Å². The van der Waals surface area contributed by atoms with Gasteiger partial charge in [0.15, 0.2) is 0 Å². The zero-order valence-electron chi connectivity index (χ0n) is 6.51. The van der Waals surface area contributed by atoms with Crippen molar-refractivity contribution in [2.75, 3.05) is 6.61 Å². The molecule has 2 N–H and O–H groups in total. The van der Waals surface area contributed by atoms with Gasteiger partial charge in [0.2, 0.25) is 0 Å². The van der Waals surface area contributed by atoms with Crippen molar-refractivity contribution in [1.82, 2.24) is 0 Å². The third-order valence-corrected chi connectivity index (χ3v) is 6.86. The van der Waals surface area contributed by atoms with Gasteiger partial charge in [0.1, 0.15) is 0 Å². The minimum atomic E-state index is -0.832. The molecule has 0 aromatic carbocycles. The average Bonchev–Trinajstić information content (AvgIpc) is 1.56. The summed E-state index contributed by atoms with van der Waals surface area (Å²) in [5.74, 6) is 0. The van der Waals surface area contributed by atoms with Gasteiger partial charge < -0.3 is 10.2 Å². The number of aliphatic hydroxyl groups is 2. The van der Waals surface area contributed by atoms with E-state index in [-0.39, 0.29) is 6.61 Å². The molecule has 0 aromatic rings. The summed E-state index contributed by atoms with van der Waals surface area (Å²) < 4.78 is 0. The Morgan fingerprint density at radius 1 is 1.50 bits per heavy atom. The van der Waals surface area contributed by atoms with Crippen molar-refractivity contribution in [2.45, 2.75) is 37.1 Å². The summed E-state index contributed by atoms with van der Waals surface area (Å²) in [4.78, 5) is 0. The van der Waals surface area contributed by atoms with Gasteiger partial charge in [-0.25, -0.2) is 0 Å². The first kappa shape index (κ1) is 8.24. The van der Waals surface area contributed by atoms with E-state index < -0.39 is 14.0 Å². The molecule has 0 saturated carbocycles. The number of rotatable bonds is 3. The minimum Gasteiger partial charge on any atom is -0.396 e. The van der Waals surface area contributed by atoms with Crippen LogP contribution in [0, 0.1) is 0 Å². The largest absolute Gasteiger partial charge is 0.396 e. The second kappa shape index (κ2) is 3.03. The molecule has 1 saturated heterocycles. The molecule has 1 heterocycles. The van der Waals surface area contributed by atoms with Crippen LogP contribution in [0.25, 0.3) is 0 Å². The maximum Gasteiger partial charge on any atom is 0.0749 e. The normalized spacial score (nSPS) is 25.5. The zero-order valence-corrected chi connectivity index (χ0v) is 7.66. The second-order valence-corrected chi connectivity index (χ2v) is 7.25. The lowest BCUT2D eigenvalue weighted by Gasteiger charge is -2.37. The van der Waals surface area contributed by atoms with Crippen molar-refractivity contribution in [3.63, 3.8) is 0 Å². The lowest BCUT2D eigenvalue weighted by molar-refractivity contribution is 0.0997. The van der Waals surface area contributed by atoms with E-state index in [2.05, 4.69) is 0 Å². The molecular weight excluding hydrogens is 144 g/mol. The van der Waals surface area contributed by atoms with Gasteiger partial charge in [-0.3, -0.25) is 0 Å². The van der Waals surface area contributed by atoms with Crippen LogP contribution in [0.15, 0.2) is 0 Å². The van der Waals surface area contributed by atoms with E-state index in [0.717, 1.165) is 0 Å². The lowest BCUT2D eigenvalue weighted by Crippen LogP contribution is -2.47. The maximum absolute atomic E-state index is 9.74. The Bertz CT molecular complexity index is 110. The fourth-order valence-electron chi connectivity index (χ4n) is 1.46. The van der Waals surface area contributed by atoms with Gasteiger partial charge in [0, 0.05) is 6.61 Å². The molecule has 60 valence electrons. The van der Waals surface area contributed by atoms with E-state index in [9.17, 15) is 5.11 Å². The first-order valence-electron chi connectivity index (χ1n) is 4.00. The fourth-order valence-corrected chi connectivity index (χ4v) is 4.06. The van der Waals surface area contributed by atoms with Gasteiger partial charge in [-0.2, -0.15) is 0 Å². The highest BCUT2D eigenvalue weighted by Gasteiger charge is 2.36. The molecule has 2 nitrogen and oxygen atoms in total. The summed E-state index contributed by atoms with van der Waals surface area (Å²) in [6.07, 6.45) is 1.89. The Morgan fingerprint density at radius 3 is 2.40 bits per heavy atom. The Balaban J connectivity index is 2.33. The Hall–Kier alpha value is 0.137. The third-order valence-electron chi connectivity index (χ3n) is 2.60. The van der Waals surface area contributed by atoms with Crippen LogP contribution >= 0.6 is 0 Å². The monoisotopic (exact) mass is 160 g/mol. The molecule has 1 unspecified atom stereocenters. The van der Waals surface area contributed by atoms with Gasteiger partial charge in [-0.15, -0.1) is 0 Å². The fraction of sp³-hybridized carbons (Fsp3) is 1.00. The maximum atomic E-state index is 9.74. The van der Waals surface area contributed by atoms with Crippen LogP contribution in [0.2, 0.25) is 12.1 Å². The molecule has 1 rings (SSSR count). The molecule has 1 atom stereocenters. The summed E-state index contributed by atoms with van der Waals surface area (Å²) in [6.45, 7) is 2.02. The molecule has 1 aliphatic rings. The van der Waals surface area contributed by atoms with Crippen LogP contribution in [0.1, 0.15) is 19.8 Å². The molecule has 0 bridgehead atoms. The van der Waals surface area contributed by atoms with Crippen LogP contribution in [0.3, 0.4) is 0 Å². The topological polar surface area (TPSA) is 40.5 Å². The summed E-state index contributed by atoms with van der Waals surface area (Å²) in [5.41, 5.74) is 0. The Kier molecular flexibility index (Phi) is 2.49. The van der Waals surface area contributed by atoms with Crippen molar-refractivity contribution in [2.24, 2.45) is 0 Å². The summed E-state index contributed by atoms with van der Waals surface area (Å²) >= 11 is 0. The van der Waals surface area contributed by atoms with E-state index in [4.69, 9.17) is 5.11 Å². The van der Waals surface area contributed by atoms with Crippen molar-refractivity contribution in [3.05, 3.63) is 0 Å². The molecule has 0 spiro atoms. The second-order valence-electron chi connectivity index (χ2n) is 3.46. The van der Waals surface area contributed by atoms with E-state index in [1.165, 1.54) is 18.5 Å². The van der Waals surface area contributed by atoms with Crippen LogP contribution in [-0.4, -0.2) is 30.8 Å². The number of aliphatic hydroxyl groups excluding tert-OH is 1. The van der Waals surface area contributed by atoms with Gasteiger partial charge in [0.05, 0.1) is 14.0 Å². The van der Waals surface area contributed by atoms with Crippen LogP contribution in [-0.2, 0) is 0 Å². The van der Waals surface area contributed by atoms with Crippen molar-refractivity contribution in [1.29, 1.82) is 0 Å². The van der Waals surface area contributed by atoms with Crippen LogP contribution < -0.4 is 0 Å². The van der Waals surface area contributed by atoms with Crippen LogP contribution in [0.4, 0.5) is 0 Å². The van der Waals surface area contributed by atoms with Crippen molar-refractivity contribution >= 4 is 8.80 Å². The first-order chi connectivity index (χ1) is 4.67. The standard InChI is InChI=1S/C7H16O2Si/c1-7(9,3-4-8)10-5-2-6-10/h8-10H,2-6H2,1H3. The summed E-state index contributed by atoms with van der Waals surface area (Å²) in [7, 11) is -0.832. The zero-order chi connectivity index (χ0) is 7.61. The van der Waals surface area contributed by atoms with E-state index in [1.54, 1.807) is 0 Å². The number of hydrogen-bond acceptors (Lipinski definition) is 2. The molecule has 0 amide bonds. The predicted molar refractivity (Wildman–Crippen MR) is 43.7 cm³/mol. The highest BCUT2D eigenvalue weighted by molar-refractivity contribution is 6.64. The molecular formula is C7H16O2Si. The predicted octanol–water partition coefficient (Wildman–Crippen LogP) is 0.290. The van der Waals surface area contributed by atoms with Gasteiger partial charge in [-0.05, 0) is 13.3 Å². The average molecular weight is 160 g/mol. The summed E-state index contributed by atoms with van der Waals surface area (Å²) in [5, 5.41) is 17.9. The molecule has 0 radical (unpaired) electrons. The number of hydrogen-bond donors (Lipinski definition) is 2. The first-order valence-corrected chi connectivity index (χ1v) is 6.21. The Labute approximate surface area is 63.5 Å². The SMILES string of the molecule is CC(O)(CCO)[SiH]1CCC1. The highest BCUT2D eigenvalue weighted by Crippen LogP contribution is 2.30. The van der Waals surface area contributed by atoms with Crippen molar-refractivity contribution < 1.29 is 10.2 Å². The van der Waals surface area contributed by atoms with Crippen molar-refractivity contribution in [3.8, 4) is 0 Å². The molecule has 1 aliphatic heterocycles.